The highest BCUT2D eigenvalue weighted by molar-refractivity contribution is 5.43. The van der Waals surface area contributed by atoms with Crippen LogP contribution in [0.15, 0.2) is 18.2 Å². The van der Waals surface area contributed by atoms with E-state index in [1.165, 1.54) is 12.1 Å². The Morgan fingerprint density at radius 2 is 2.14 bits per heavy atom. The molecule has 2 N–H and O–H groups in total. The smallest absolute Gasteiger partial charge is 0.163 e. The van der Waals surface area contributed by atoms with Crippen molar-refractivity contribution in [2.45, 2.75) is 19.4 Å². The number of halogens is 1. The molecular formula is C11H12FNO. The highest BCUT2D eigenvalue weighted by Crippen LogP contribution is 2.21. The maximum absolute atomic E-state index is 13.0. The molecule has 0 spiro atoms. The zero-order valence-electron chi connectivity index (χ0n) is 8.17. The van der Waals surface area contributed by atoms with Gasteiger partial charge in [0, 0.05) is 6.07 Å². The summed E-state index contributed by atoms with van der Waals surface area (Å²) in [6.07, 6.45) is 5.23. The van der Waals surface area contributed by atoms with Gasteiger partial charge in [0.25, 0.3) is 0 Å². The van der Waals surface area contributed by atoms with Crippen molar-refractivity contribution in [3.05, 3.63) is 24.0 Å². The summed E-state index contributed by atoms with van der Waals surface area (Å²) in [6, 6.07) is 4.24. The van der Waals surface area contributed by atoms with Crippen LogP contribution in [0.3, 0.4) is 0 Å². The van der Waals surface area contributed by atoms with Crippen LogP contribution in [-0.4, -0.2) is 5.60 Å². The molecule has 0 bridgehead atoms. The number of benzene rings is 1. The summed E-state index contributed by atoms with van der Waals surface area (Å²) in [7, 11) is 0. The van der Waals surface area contributed by atoms with Crippen molar-refractivity contribution in [2.24, 2.45) is 0 Å². The third-order valence-electron chi connectivity index (χ3n) is 1.69. The lowest BCUT2D eigenvalue weighted by atomic mass is 10.1. The minimum Gasteiger partial charge on any atom is -0.475 e. The van der Waals surface area contributed by atoms with E-state index in [1.54, 1.807) is 19.9 Å². The number of nitrogens with two attached hydrogens (primary N) is 1. The van der Waals surface area contributed by atoms with Gasteiger partial charge in [-0.2, -0.15) is 0 Å². The van der Waals surface area contributed by atoms with E-state index in [2.05, 4.69) is 5.92 Å². The van der Waals surface area contributed by atoms with Gasteiger partial charge in [-0.25, -0.2) is 4.39 Å². The van der Waals surface area contributed by atoms with E-state index in [0.29, 0.717) is 5.75 Å². The summed E-state index contributed by atoms with van der Waals surface area (Å²) in [4.78, 5) is 0. The average Bonchev–Trinajstić information content (AvgIpc) is 2.11. The largest absolute Gasteiger partial charge is 0.475 e. The van der Waals surface area contributed by atoms with Crippen LogP contribution in [0.5, 0.6) is 5.75 Å². The van der Waals surface area contributed by atoms with E-state index in [4.69, 9.17) is 16.9 Å². The Morgan fingerprint density at radius 1 is 1.50 bits per heavy atom. The molecule has 0 atom stereocenters. The van der Waals surface area contributed by atoms with E-state index in [-0.39, 0.29) is 5.69 Å². The van der Waals surface area contributed by atoms with Gasteiger partial charge in [0.2, 0.25) is 0 Å². The number of anilines is 1. The standard InChI is InChI=1S/C11H12FNO/c1-4-11(2,3)14-8-5-6-10(13)9(12)7-8/h1,5-7H,13H2,2-3H3. The summed E-state index contributed by atoms with van der Waals surface area (Å²) >= 11 is 0. The number of hydrogen-bond donors (Lipinski definition) is 1. The molecule has 0 amide bonds. The number of nitrogen functional groups attached to an aromatic ring is 1. The summed E-state index contributed by atoms with van der Waals surface area (Å²) in [5.41, 5.74) is 4.66. The summed E-state index contributed by atoms with van der Waals surface area (Å²) in [5, 5.41) is 0. The first-order valence-corrected chi connectivity index (χ1v) is 4.16. The van der Waals surface area contributed by atoms with Crippen molar-refractivity contribution in [2.75, 3.05) is 5.73 Å². The van der Waals surface area contributed by atoms with E-state index in [9.17, 15) is 4.39 Å². The Bertz CT molecular complexity index is 379. The normalized spacial score (nSPS) is 10.7. The Kier molecular flexibility index (Phi) is 2.66. The first kappa shape index (κ1) is 10.4. The van der Waals surface area contributed by atoms with Crippen LogP contribution < -0.4 is 10.5 Å². The second-order valence-corrected chi connectivity index (χ2v) is 3.44. The maximum atomic E-state index is 13.0. The van der Waals surface area contributed by atoms with Crippen LogP contribution in [0.4, 0.5) is 10.1 Å². The predicted molar refractivity (Wildman–Crippen MR) is 54.4 cm³/mol. The fourth-order valence-electron chi connectivity index (χ4n) is 0.895. The second-order valence-electron chi connectivity index (χ2n) is 3.44. The molecule has 0 heterocycles. The van der Waals surface area contributed by atoms with Crippen molar-refractivity contribution in [1.29, 1.82) is 0 Å². The van der Waals surface area contributed by atoms with E-state index >= 15 is 0 Å². The van der Waals surface area contributed by atoms with Crippen LogP contribution in [0.1, 0.15) is 13.8 Å². The van der Waals surface area contributed by atoms with E-state index in [0.717, 1.165) is 0 Å². The Morgan fingerprint density at radius 3 is 2.64 bits per heavy atom. The van der Waals surface area contributed by atoms with Gasteiger partial charge >= 0.3 is 0 Å². The number of terminal acetylenes is 1. The minimum atomic E-state index is -0.747. The monoisotopic (exact) mass is 193 g/mol. The van der Waals surface area contributed by atoms with E-state index in [1.807, 2.05) is 0 Å². The van der Waals surface area contributed by atoms with Gasteiger partial charge in [0.15, 0.2) is 5.60 Å². The first-order valence-electron chi connectivity index (χ1n) is 4.16. The molecule has 1 aromatic rings. The molecule has 74 valence electrons. The number of rotatable bonds is 2. The molecule has 0 saturated heterocycles. The van der Waals surface area contributed by atoms with Gasteiger partial charge in [0.1, 0.15) is 11.6 Å². The fraction of sp³-hybridized carbons (Fsp3) is 0.273. The highest BCUT2D eigenvalue weighted by Gasteiger charge is 2.15. The molecule has 0 aliphatic carbocycles. The SMILES string of the molecule is C#CC(C)(C)Oc1ccc(N)c(F)c1. The molecule has 1 rings (SSSR count). The Balaban J connectivity index is 2.90. The zero-order valence-corrected chi connectivity index (χ0v) is 8.17. The molecule has 0 aliphatic rings. The van der Waals surface area contributed by atoms with Crippen molar-refractivity contribution < 1.29 is 9.13 Å². The van der Waals surface area contributed by atoms with Gasteiger partial charge in [-0.05, 0) is 26.0 Å². The van der Waals surface area contributed by atoms with Gasteiger partial charge in [-0.15, -0.1) is 6.42 Å². The van der Waals surface area contributed by atoms with Gasteiger partial charge in [-0.1, -0.05) is 5.92 Å². The molecule has 14 heavy (non-hydrogen) atoms. The number of hydrogen-bond acceptors (Lipinski definition) is 2. The molecule has 0 fully saturated rings. The maximum Gasteiger partial charge on any atom is 0.163 e. The lowest BCUT2D eigenvalue weighted by Gasteiger charge is -2.20. The second kappa shape index (κ2) is 3.59. The summed E-state index contributed by atoms with van der Waals surface area (Å²) < 4.78 is 18.4. The predicted octanol–water partition coefficient (Wildman–Crippen LogP) is 2.20. The molecule has 0 radical (unpaired) electrons. The molecular weight excluding hydrogens is 181 g/mol. The lowest BCUT2D eigenvalue weighted by Crippen LogP contribution is -2.25. The summed E-state index contributed by atoms with van der Waals surface area (Å²) in [6.45, 7) is 3.45. The van der Waals surface area contributed by atoms with Crippen molar-refractivity contribution >= 4 is 5.69 Å². The van der Waals surface area contributed by atoms with Crippen LogP contribution in [0, 0.1) is 18.2 Å². The van der Waals surface area contributed by atoms with Crippen molar-refractivity contribution in [1.82, 2.24) is 0 Å². The molecule has 0 saturated carbocycles. The van der Waals surface area contributed by atoms with Crippen LogP contribution in [-0.2, 0) is 0 Å². The minimum absolute atomic E-state index is 0.0934. The topological polar surface area (TPSA) is 35.2 Å². The molecule has 0 aliphatic heterocycles. The zero-order chi connectivity index (χ0) is 10.8. The molecule has 0 aromatic heterocycles. The molecule has 1 aromatic carbocycles. The van der Waals surface area contributed by atoms with Crippen LogP contribution >= 0.6 is 0 Å². The molecule has 2 nitrogen and oxygen atoms in total. The first-order chi connectivity index (χ1) is 6.44. The van der Waals surface area contributed by atoms with Gasteiger partial charge < -0.3 is 10.5 Å². The molecule has 0 unspecified atom stereocenters. The Labute approximate surface area is 82.9 Å². The molecule has 3 heteroatoms. The summed E-state index contributed by atoms with van der Waals surface area (Å²) in [5.74, 6) is 2.32. The van der Waals surface area contributed by atoms with Crippen LogP contribution in [0.25, 0.3) is 0 Å². The quantitative estimate of drug-likeness (QED) is 0.577. The number of ether oxygens (including phenoxy) is 1. The van der Waals surface area contributed by atoms with Gasteiger partial charge in [-0.3, -0.25) is 0 Å². The van der Waals surface area contributed by atoms with Crippen molar-refractivity contribution in [3.63, 3.8) is 0 Å². The van der Waals surface area contributed by atoms with Crippen LogP contribution in [0.2, 0.25) is 0 Å². The van der Waals surface area contributed by atoms with E-state index < -0.39 is 11.4 Å². The fourth-order valence-corrected chi connectivity index (χ4v) is 0.895. The van der Waals surface area contributed by atoms with Gasteiger partial charge in [0.05, 0.1) is 5.69 Å². The Hall–Kier alpha value is -1.69. The van der Waals surface area contributed by atoms with Crippen molar-refractivity contribution in [3.8, 4) is 18.1 Å². The third kappa shape index (κ3) is 2.40. The third-order valence-corrected chi connectivity index (χ3v) is 1.69. The highest BCUT2D eigenvalue weighted by atomic mass is 19.1. The average molecular weight is 193 g/mol. The lowest BCUT2D eigenvalue weighted by molar-refractivity contribution is 0.172.